The van der Waals surface area contributed by atoms with Gasteiger partial charge in [-0.25, -0.2) is 0 Å². The molecule has 104 valence electrons. The molecule has 0 fully saturated rings. The van der Waals surface area contributed by atoms with Crippen LogP contribution in [0.5, 0.6) is 0 Å². The van der Waals surface area contributed by atoms with E-state index in [-0.39, 0.29) is 5.69 Å². The van der Waals surface area contributed by atoms with Crippen LogP contribution in [0.4, 0.5) is 22.7 Å². The highest BCUT2D eigenvalue weighted by atomic mass is 16.6. The van der Waals surface area contributed by atoms with E-state index < -0.39 is 4.92 Å². The number of aryl methyl sites for hydroxylation is 1. The molecule has 0 atom stereocenters. The van der Waals surface area contributed by atoms with E-state index >= 15 is 0 Å². The molecular formula is C15H17N3O2. The maximum Gasteiger partial charge on any atom is 0.273 e. The van der Waals surface area contributed by atoms with Crippen molar-refractivity contribution in [3.05, 3.63) is 58.1 Å². The van der Waals surface area contributed by atoms with E-state index in [1.165, 1.54) is 6.07 Å². The number of nitro benzene ring substituents is 1. The molecule has 2 rings (SSSR count). The molecule has 5 nitrogen and oxygen atoms in total. The second-order valence-electron chi connectivity index (χ2n) is 4.57. The summed E-state index contributed by atoms with van der Waals surface area (Å²) in [6.07, 6.45) is 0. The summed E-state index contributed by atoms with van der Waals surface area (Å²) in [6, 6.07) is 12.6. The molecule has 0 aliphatic rings. The SMILES string of the molecule is CCN(c1cc(N)cc([N+](=O)[O-])c1)c1ccccc1C. The summed E-state index contributed by atoms with van der Waals surface area (Å²) in [5, 5.41) is 11.0. The van der Waals surface area contributed by atoms with E-state index in [1.54, 1.807) is 12.1 Å². The van der Waals surface area contributed by atoms with E-state index in [2.05, 4.69) is 0 Å². The number of rotatable bonds is 4. The number of hydrogen-bond acceptors (Lipinski definition) is 4. The smallest absolute Gasteiger partial charge is 0.273 e. The highest BCUT2D eigenvalue weighted by Crippen LogP contribution is 2.32. The van der Waals surface area contributed by atoms with Crippen molar-refractivity contribution in [3.8, 4) is 0 Å². The average molecular weight is 271 g/mol. The van der Waals surface area contributed by atoms with Gasteiger partial charge in [-0.1, -0.05) is 18.2 Å². The first-order chi connectivity index (χ1) is 9.52. The van der Waals surface area contributed by atoms with Gasteiger partial charge in [0.15, 0.2) is 0 Å². The molecule has 0 bridgehead atoms. The van der Waals surface area contributed by atoms with Crippen molar-refractivity contribution in [1.82, 2.24) is 0 Å². The Labute approximate surface area is 117 Å². The van der Waals surface area contributed by atoms with Gasteiger partial charge in [-0.15, -0.1) is 0 Å². The van der Waals surface area contributed by atoms with Crippen LogP contribution in [-0.2, 0) is 0 Å². The average Bonchev–Trinajstić information content (AvgIpc) is 2.41. The van der Waals surface area contributed by atoms with Crippen molar-refractivity contribution >= 4 is 22.7 Å². The maximum atomic E-state index is 11.0. The van der Waals surface area contributed by atoms with Crippen molar-refractivity contribution < 1.29 is 4.92 Å². The van der Waals surface area contributed by atoms with Crippen LogP contribution in [0.25, 0.3) is 0 Å². The summed E-state index contributed by atoms with van der Waals surface area (Å²) in [5.74, 6) is 0. The first-order valence-corrected chi connectivity index (χ1v) is 6.41. The fourth-order valence-electron chi connectivity index (χ4n) is 2.24. The summed E-state index contributed by atoms with van der Waals surface area (Å²) in [4.78, 5) is 12.5. The van der Waals surface area contributed by atoms with Gasteiger partial charge in [-0.05, 0) is 31.5 Å². The Balaban J connectivity index is 2.52. The molecule has 2 N–H and O–H groups in total. The lowest BCUT2D eigenvalue weighted by atomic mass is 10.1. The van der Waals surface area contributed by atoms with Gasteiger partial charge < -0.3 is 10.6 Å². The van der Waals surface area contributed by atoms with Crippen LogP contribution in [0.3, 0.4) is 0 Å². The van der Waals surface area contributed by atoms with E-state index in [0.717, 1.165) is 16.9 Å². The molecule has 5 heteroatoms. The number of hydrogen-bond donors (Lipinski definition) is 1. The number of benzene rings is 2. The van der Waals surface area contributed by atoms with Gasteiger partial charge in [0.05, 0.1) is 4.92 Å². The Hall–Kier alpha value is -2.56. The first kappa shape index (κ1) is 13.9. The summed E-state index contributed by atoms with van der Waals surface area (Å²) < 4.78 is 0. The Kier molecular flexibility index (Phi) is 3.89. The predicted molar refractivity (Wildman–Crippen MR) is 81.4 cm³/mol. The molecule has 0 aliphatic carbocycles. The maximum absolute atomic E-state index is 11.0. The summed E-state index contributed by atoms with van der Waals surface area (Å²) in [7, 11) is 0. The topological polar surface area (TPSA) is 72.4 Å². The number of non-ortho nitro benzene ring substituents is 1. The standard InChI is InChI=1S/C15H17N3O2/c1-3-17(15-7-5-4-6-11(15)2)13-8-12(16)9-14(10-13)18(19)20/h4-10H,3,16H2,1-2H3. The lowest BCUT2D eigenvalue weighted by Crippen LogP contribution is -2.17. The molecule has 0 unspecified atom stereocenters. The minimum Gasteiger partial charge on any atom is -0.398 e. The van der Waals surface area contributed by atoms with Gasteiger partial charge in [-0.3, -0.25) is 10.1 Å². The van der Waals surface area contributed by atoms with Crippen molar-refractivity contribution in [2.45, 2.75) is 13.8 Å². The van der Waals surface area contributed by atoms with Gasteiger partial charge in [0.1, 0.15) is 0 Å². The Morgan fingerprint density at radius 1 is 1.25 bits per heavy atom. The third-order valence-electron chi connectivity index (χ3n) is 3.17. The van der Waals surface area contributed by atoms with Crippen LogP contribution in [0, 0.1) is 17.0 Å². The van der Waals surface area contributed by atoms with E-state index in [4.69, 9.17) is 5.73 Å². The normalized spacial score (nSPS) is 10.3. The number of nitro groups is 1. The third kappa shape index (κ3) is 2.71. The first-order valence-electron chi connectivity index (χ1n) is 6.41. The zero-order valence-electron chi connectivity index (χ0n) is 11.5. The fraction of sp³-hybridized carbons (Fsp3) is 0.200. The molecule has 20 heavy (non-hydrogen) atoms. The van der Waals surface area contributed by atoms with Crippen molar-refractivity contribution in [1.29, 1.82) is 0 Å². The minimum absolute atomic E-state index is 0.00651. The molecular weight excluding hydrogens is 254 g/mol. The number of nitrogens with two attached hydrogens (primary N) is 1. The van der Waals surface area contributed by atoms with Gasteiger partial charge in [-0.2, -0.15) is 0 Å². The molecule has 0 heterocycles. The van der Waals surface area contributed by atoms with Crippen LogP contribution >= 0.6 is 0 Å². The van der Waals surface area contributed by atoms with Crippen molar-refractivity contribution in [3.63, 3.8) is 0 Å². The lowest BCUT2D eigenvalue weighted by molar-refractivity contribution is -0.384. The van der Waals surface area contributed by atoms with Gasteiger partial charge in [0, 0.05) is 35.7 Å². The van der Waals surface area contributed by atoms with Gasteiger partial charge in [0.2, 0.25) is 0 Å². The quantitative estimate of drug-likeness (QED) is 0.523. The van der Waals surface area contributed by atoms with Crippen LogP contribution in [-0.4, -0.2) is 11.5 Å². The Morgan fingerprint density at radius 2 is 1.95 bits per heavy atom. The molecule has 0 radical (unpaired) electrons. The molecule has 2 aromatic carbocycles. The summed E-state index contributed by atoms with van der Waals surface area (Å²) in [5.41, 5.74) is 9.04. The van der Waals surface area contributed by atoms with Crippen molar-refractivity contribution in [2.24, 2.45) is 0 Å². The third-order valence-corrected chi connectivity index (χ3v) is 3.17. The number of anilines is 3. The van der Waals surface area contributed by atoms with Gasteiger partial charge >= 0.3 is 0 Å². The molecule has 0 aromatic heterocycles. The van der Waals surface area contributed by atoms with E-state index in [1.807, 2.05) is 43.0 Å². The van der Waals surface area contributed by atoms with E-state index in [0.29, 0.717) is 12.2 Å². The monoisotopic (exact) mass is 271 g/mol. The number of para-hydroxylation sites is 1. The van der Waals surface area contributed by atoms with Crippen LogP contribution < -0.4 is 10.6 Å². The molecule has 0 aliphatic heterocycles. The fourth-order valence-corrected chi connectivity index (χ4v) is 2.24. The summed E-state index contributed by atoms with van der Waals surface area (Å²) in [6.45, 7) is 4.71. The van der Waals surface area contributed by atoms with Crippen LogP contribution in [0.1, 0.15) is 12.5 Å². The predicted octanol–water partition coefficient (Wildman–Crippen LogP) is 3.64. The second kappa shape index (κ2) is 5.61. The highest BCUT2D eigenvalue weighted by Gasteiger charge is 2.14. The molecule has 2 aromatic rings. The Bertz CT molecular complexity index is 641. The molecule has 0 amide bonds. The molecule has 0 saturated heterocycles. The van der Waals surface area contributed by atoms with Crippen molar-refractivity contribution in [2.75, 3.05) is 17.2 Å². The largest absolute Gasteiger partial charge is 0.398 e. The zero-order valence-corrected chi connectivity index (χ0v) is 11.5. The molecule has 0 saturated carbocycles. The second-order valence-corrected chi connectivity index (χ2v) is 4.57. The lowest BCUT2D eigenvalue weighted by Gasteiger charge is -2.25. The number of nitrogen functional groups attached to an aromatic ring is 1. The molecule has 0 spiro atoms. The van der Waals surface area contributed by atoms with Crippen LogP contribution in [0.2, 0.25) is 0 Å². The van der Waals surface area contributed by atoms with E-state index in [9.17, 15) is 10.1 Å². The van der Waals surface area contributed by atoms with Gasteiger partial charge in [0.25, 0.3) is 5.69 Å². The number of nitrogens with zero attached hydrogens (tertiary/aromatic N) is 2. The summed E-state index contributed by atoms with van der Waals surface area (Å²) >= 11 is 0. The minimum atomic E-state index is -0.425. The van der Waals surface area contributed by atoms with Crippen LogP contribution in [0.15, 0.2) is 42.5 Å². The highest BCUT2D eigenvalue weighted by molar-refractivity contribution is 5.71. The zero-order chi connectivity index (χ0) is 14.7. The Morgan fingerprint density at radius 3 is 2.55 bits per heavy atom.